The van der Waals surface area contributed by atoms with E-state index in [9.17, 15) is 14.4 Å². The van der Waals surface area contributed by atoms with E-state index in [1.165, 1.54) is 19.1 Å². The zero-order valence-corrected chi connectivity index (χ0v) is 15.1. The fourth-order valence-corrected chi connectivity index (χ4v) is 2.53. The van der Waals surface area contributed by atoms with Crippen LogP contribution in [-0.2, 0) is 9.53 Å². The lowest BCUT2D eigenvalue weighted by atomic mass is 10.1. The van der Waals surface area contributed by atoms with E-state index in [1.807, 2.05) is 0 Å². The lowest BCUT2D eigenvalue weighted by Crippen LogP contribution is -2.27. The number of benzene rings is 2. The molecule has 0 aliphatic rings. The molecule has 1 unspecified atom stereocenters. The summed E-state index contributed by atoms with van der Waals surface area (Å²) in [5.41, 5.74) is 0.262. The minimum Gasteiger partial charge on any atom is -0.482 e. The molecule has 1 heterocycles. The Morgan fingerprint density at radius 1 is 1.07 bits per heavy atom. The number of carbonyl (C=O) groups excluding carboxylic acids is 2. The maximum atomic E-state index is 12.2. The van der Waals surface area contributed by atoms with Crippen LogP contribution in [0.4, 0.5) is 0 Å². The molecule has 0 aliphatic heterocycles. The maximum Gasteiger partial charge on any atom is 0.344 e. The van der Waals surface area contributed by atoms with Crippen LogP contribution in [0.25, 0.3) is 11.0 Å². The van der Waals surface area contributed by atoms with Gasteiger partial charge in [0.05, 0.1) is 0 Å². The molecular formula is C20H15ClO6. The predicted octanol–water partition coefficient (Wildman–Crippen LogP) is 3.64. The van der Waals surface area contributed by atoms with Gasteiger partial charge in [-0.25, -0.2) is 9.59 Å². The van der Waals surface area contributed by atoms with Crippen molar-refractivity contribution in [1.82, 2.24) is 0 Å². The number of carbonyl (C=O) groups is 2. The molecule has 138 valence electrons. The van der Waals surface area contributed by atoms with Crippen molar-refractivity contribution >= 4 is 34.3 Å². The van der Waals surface area contributed by atoms with Crippen LogP contribution < -0.4 is 10.4 Å². The Kier molecular flexibility index (Phi) is 5.57. The van der Waals surface area contributed by atoms with Gasteiger partial charge in [0.1, 0.15) is 11.3 Å². The minimum atomic E-state index is -0.961. The van der Waals surface area contributed by atoms with Crippen LogP contribution in [0.2, 0.25) is 5.02 Å². The van der Waals surface area contributed by atoms with Crippen molar-refractivity contribution in [3.63, 3.8) is 0 Å². The Morgan fingerprint density at radius 3 is 2.52 bits per heavy atom. The van der Waals surface area contributed by atoms with Gasteiger partial charge in [-0.15, -0.1) is 0 Å². The highest BCUT2D eigenvalue weighted by Crippen LogP contribution is 2.19. The first-order valence-corrected chi connectivity index (χ1v) is 8.46. The number of ketones is 1. The number of hydrogen-bond donors (Lipinski definition) is 0. The molecule has 7 heteroatoms. The summed E-state index contributed by atoms with van der Waals surface area (Å²) in [4.78, 5) is 35.4. The first-order valence-electron chi connectivity index (χ1n) is 8.08. The van der Waals surface area contributed by atoms with Crippen LogP contribution in [0, 0.1) is 0 Å². The molecule has 3 rings (SSSR count). The largest absolute Gasteiger partial charge is 0.482 e. The number of esters is 1. The number of halogens is 1. The molecule has 0 saturated heterocycles. The van der Waals surface area contributed by atoms with E-state index < -0.39 is 17.7 Å². The van der Waals surface area contributed by atoms with E-state index in [4.69, 9.17) is 25.5 Å². The molecule has 1 aromatic heterocycles. The van der Waals surface area contributed by atoms with Crippen LogP contribution in [0.15, 0.2) is 63.8 Å². The second-order valence-electron chi connectivity index (χ2n) is 5.75. The third kappa shape index (κ3) is 4.74. The third-order valence-electron chi connectivity index (χ3n) is 3.76. The Bertz CT molecular complexity index is 1040. The summed E-state index contributed by atoms with van der Waals surface area (Å²) >= 11 is 5.79. The zero-order chi connectivity index (χ0) is 19.4. The standard InChI is InChI=1S/C20H15ClO6/c1-12(20(24)14-2-6-15(21)7-3-14)26-19(23)11-25-16-8-4-13-5-9-18(22)27-17(13)10-16/h2-10,12H,11H2,1H3. The summed E-state index contributed by atoms with van der Waals surface area (Å²) in [6, 6.07) is 14.1. The lowest BCUT2D eigenvalue weighted by molar-refractivity contribution is -0.148. The third-order valence-corrected chi connectivity index (χ3v) is 4.01. The number of rotatable bonds is 6. The molecule has 2 aromatic carbocycles. The molecule has 0 N–H and O–H groups in total. The molecule has 1 atom stereocenters. The summed E-state index contributed by atoms with van der Waals surface area (Å²) in [5.74, 6) is -0.697. The van der Waals surface area contributed by atoms with Crippen molar-refractivity contribution in [2.75, 3.05) is 6.61 Å². The molecular weight excluding hydrogens is 372 g/mol. The van der Waals surface area contributed by atoms with Gasteiger partial charge in [-0.3, -0.25) is 4.79 Å². The zero-order valence-electron chi connectivity index (χ0n) is 14.3. The van der Waals surface area contributed by atoms with Crippen molar-refractivity contribution in [1.29, 1.82) is 0 Å². The van der Waals surface area contributed by atoms with Gasteiger partial charge in [-0.1, -0.05) is 11.6 Å². The smallest absolute Gasteiger partial charge is 0.344 e. The van der Waals surface area contributed by atoms with Crippen molar-refractivity contribution in [2.24, 2.45) is 0 Å². The van der Waals surface area contributed by atoms with Gasteiger partial charge >= 0.3 is 11.6 Å². The lowest BCUT2D eigenvalue weighted by Gasteiger charge is -2.13. The molecule has 0 bridgehead atoms. The van der Waals surface area contributed by atoms with E-state index in [0.717, 1.165) is 5.39 Å². The van der Waals surface area contributed by atoms with Crippen LogP contribution in [0.5, 0.6) is 5.75 Å². The highest BCUT2D eigenvalue weighted by molar-refractivity contribution is 6.30. The Hall–Kier alpha value is -3.12. The molecule has 3 aromatic rings. The SMILES string of the molecule is CC(OC(=O)COc1ccc2ccc(=O)oc2c1)C(=O)c1ccc(Cl)cc1. The number of hydrogen-bond acceptors (Lipinski definition) is 6. The van der Waals surface area contributed by atoms with Crippen LogP contribution in [0.1, 0.15) is 17.3 Å². The van der Waals surface area contributed by atoms with Gasteiger partial charge in [0.25, 0.3) is 0 Å². The quantitative estimate of drug-likeness (QED) is 0.365. The summed E-state index contributed by atoms with van der Waals surface area (Å²) < 4.78 is 15.5. The van der Waals surface area contributed by atoms with E-state index in [1.54, 1.807) is 42.5 Å². The van der Waals surface area contributed by atoms with E-state index in [0.29, 0.717) is 21.9 Å². The molecule has 0 fully saturated rings. The van der Waals surface area contributed by atoms with Crippen molar-refractivity contribution in [3.8, 4) is 5.75 Å². The number of ether oxygens (including phenoxy) is 2. The monoisotopic (exact) mass is 386 g/mol. The molecule has 0 radical (unpaired) electrons. The van der Waals surface area contributed by atoms with Gasteiger partial charge in [-0.2, -0.15) is 0 Å². The maximum absolute atomic E-state index is 12.2. The molecule has 27 heavy (non-hydrogen) atoms. The molecule has 6 nitrogen and oxygen atoms in total. The first kappa shape index (κ1) is 18.7. The fraction of sp³-hybridized carbons (Fsp3) is 0.150. The van der Waals surface area contributed by atoms with Gasteiger partial charge in [0, 0.05) is 28.1 Å². The number of fused-ring (bicyclic) bond motifs is 1. The topological polar surface area (TPSA) is 82.8 Å². The average molecular weight is 387 g/mol. The summed E-state index contributed by atoms with van der Waals surface area (Å²) in [6.45, 7) is 1.10. The summed E-state index contributed by atoms with van der Waals surface area (Å²) in [7, 11) is 0. The average Bonchev–Trinajstić information content (AvgIpc) is 2.66. The van der Waals surface area contributed by atoms with Crippen molar-refractivity contribution in [3.05, 3.63) is 75.6 Å². The van der Waals surface area contributed by atoms with Gasteiger partial charge in [0.15, 0.2) is 12.7 Å². The Balaban J connectivity index is 1.58. The van der Waals surface area contributed by atoms with E-state index >= 15 is 0 Å². The van der Waals surface area contributed by atoms with Gasteiger partial charge in [-0.05, 0) is 49.4 Å². The van der Waals surface area contributed by atoms with Crippen molar-refractivity contribution < 1.29 is 23.5 Å². The minimum absolute atomic E-state index is 0.338. The highest BCUT2D eigenvalue weighted by Gasteiger charge is 2.19. The molecule has 0 amide bonds. The Labute approximate surface area is 159 Å². The highest BCUT2D eigenvalue weighted by atomic mass is 35.5. The van der Waals surface area contributed by atoms with Gasteiger partial charge < -0.3 is 13.9 Å². The summed E-state index contributed by atoms with van der Waals surface area (Å²) in [6.07, 6.45) is -0.961. The molecule has 0 spiro atoms. The molecule has 0 aliphatic carbocycles. The fourth-order valence-electron chi connectivity index (χ4n) is 2.41. The number of Topliss-reactive ketones (excluding diaryl/α,β-unsaturated/α-hetero) is 1. The van der Waals surface area contributed by atoms with Gasteiger partial charge in [0.2, 0.25) is 5.78 Å². The normalized spacial score (nSPS) is 11.8. The van der Waals surface area contributed by atoms with E-state index in [-0.39, 0.29) is 12.4 Å². The predicted molar refractivity (Wildman–Crippen MR) is 99.3 cm³/mol. The second kappa shape index (κ2) is 8.05. The first-order chi connectivity index (χ1) is 12.9. The Morgan fingerprint density at radius 2 is 1.78 bits per heavy atom. The summed E-state index contributed by atoms with van der Waals surface area (Å²) in [5, 5.41) is 1.24. The van der Waals surface area contributed by atoms with Crippen molar-refractivity contribution in [2.45, 2.75) is 13.0 Å². The second-order valence-corrected chi connectivity index (χ2v) is 6.18. The van der Waals surface area contributed by atoms with Crippen LogP contribution in [0.3, 0.4) is 0 Å². The van der Waals surface area contributed by atoms with Crippen LogP contribution >= 0.6 is 11.6 Å². The van der Waals surface area contributed by atoms with E-state index in [2.05, 4.69) is 0 Å². The molecule has 0 saturated carbocycles. The van der Waals surface area contributed by atoms with Crippen LogP contribution in [-0.4, -0.2) is 24.5 Å².